The average Bonchev–Trinajstić information content (AvgIpc) is 2.56. The first kappa shape index (κ1) is 15.9. The number of nitrogens with zero attached hydrogens (tertiary/aromatic N) is 3. The Labute approximate surface area is 143 Å². The number of rotatable bonds is 3. The summed E-state index contributed by atoms with van der Waals surface area (Å²) in [5.41, 5.74) is 0.721. The Balaban J connectivity index is 1.55. The van der Waals surface area contributed by atoms with Crippen LogP contribution in [0.5, 0.6) is 5.88 Å². The molecule has 0 N–H and O–H groups in total. The van der Waals surface area contributed by atoms with Crippen LogP contribution in [0.15, 0.2) is 41.0 Å². The molecule has 2 aromatic rings. The number of hydrogen-bond acceptors (Lipinski definition) is 4. The van der Waals surface area contributed by atoms with E-state index in [9.17, 15) is 4.79 Å². The van der Waals surface area contributed by atoms with Crippen molar-refractivity contribution in [2.75, 3.05) is 13.1 Å². The molecule has 0 spiro atoms. The van der Waals surface area contributed by atoms with Gasteiger partial charge in [0.1, 0.15) is 11.9 Å². The highest BCUT2D eigenvalue weighted by Gasteiger charge is 2.25. The summed E-state index contributed by atoms with van der Waals surface area (Å²) in [7, 11) is 0. The van der Waals surface area contributed by atoms with Crippen LogP contribution in [0.25, 0.3) is 0 Å². The molecule has 1 fully saturated rings. The molecule has 0 unspecified atom stereocenters. The van der Waals surface area contributed by atoms with E-state index >= 15 is 0 Å². The number of carbonyl (C=O) groups excluding carboxylic acids is 1. The molecule has 1 saturated heterocycles. The highest BCUT2D eigenvalue weighted by Crippen LogP contribution is 2.19. The van der Waals surface area contributed by atoms with Crippen LogP contribution in [-0.2, 0) is 0 Å². The molecule has 6 heteroatoms. The van der Waals surface area contributed by atoms with E-state index in [0.717, 1.165) is 22.9 Å². The molecule has 0 saturated carbocycles. The molecule has 1 aromatic carbocycles. The van der Waals surface area contributed by atoms with Crippen LogP contribution in [0.4, 0.5) is 0 Å². The number of carbonyl (C=O) groups is 1. The van der Waals surface area contributed by atoms with Crippen molar-refractivity contribution < 1.29 is 9.53 Å². The van der Waals surface area contributed by atoms with E-state index in [1.165, 1.54) is 0 Å². The lowest BCUT2D eigenvalue weighted by Crippen LogP contribution is -2.41. The summed E-state index contributed by atoms with van der Waals surface area (Å²) in [6.45, 7) is 3.24. The van der Waals surface area contributed by atoms with Gasteiger partial charge in [-0.15, -0.1) is 0 Å². The monoisotopic (exact) mass is 375 g/mol. The molecule has 1 aliphatic heterocycles. The maximum Gasteiger partial charge on any atom is 0.253 e. The van der Waals surface area contributed by atoms with Crippen molar-refractivity contribution in [2.24, 2.45) is 0 Å². The second-order valence-corrected chi connectivity index (χ2v) is 6.47. The number of benzene rings is 1. The Morgan fingerprint density at radius 1 is 1.22 bits per heavy atom. The molecule has 1 amide bonds. The van der Waals surface area contributed by atoms with Crippen LogP contribution in [-0.4, -0.2) is 40.0 Å². The first-order valence-electron chi connectivity index (χ1n) is 7.63. The van der Waals surface area contributed by atoms with Gasteiger partial charge in [-0.1, -0.05) is 15.9 Å². The van der Waals surface area contributed by atoms with Gasteiger partial charge in [-0.2, -0.15) is 4.98 Å². The Bertz CT molecular complexity index is 682. The van der Waals surface area contributed by atoms with Crippen molar-refractivity contribution in [3.63, 3.8) is 0 Å². The number of ether oxygens (including phenoxy) is 1. The van der Waals surface area contributed by atoms with E-state index in [1.54, 1.807) is 12.3 Å². The predicted molar refractivity (Wildman–Crippen MR) is 90.5 cm³/mol. The zero-order valence-corrected chi connectivity index (χ0v) is 14.5. The van der Waals surface area contributed by atoms with Crippen molar-refractivity contribution >= 4 is 21.8 Å². The standard InChI is InChI=1S/C17H18BrN3O2/c1-12-19-9-6-16(20-12)23-15-7-10-21(11-8-15)17(22)13-2-4-14(18)5-3-13/h2-6,9,15H,7-8,10-11H2,1H3. The first-order chi connectivity index (χ1) is 11.1. The topological polar surface area (TPSA) is 55.3 Å². The fourth-order valence-corrected chi connectivity index (χ4v) is 2.89. The third kappa shape index (κ3) is 4.07. The third-order valence-corrected chi connectivity index (χ3v) is 4.39. The molecule has 2 heterocycles. The SMILES string of the molecule is Cc1nccc(OC2CCN(C(=O)c3ccc(Br)cc3)CC2)n1. The summed E-state index contributed by atoms with van der Waals surface area (Å²) in [4.78, 5) is 22.7. The van der Waals surface area contributed by atoms with E-state index < -0.39 is 0 Å². The van der Waals surface area contributed by atoms with E-state index in [2.05, 4.69) is 25.9 Å². The van der Waals surface area contributed by atoms with Gasteiger partial charge in [0.05, 0.1) is 0 Å². The maximum atomic E-state index is 12.5. The second-order valence-electron chi connectivity index (χ2n) is 5.56. The Morgan fingerprint density at radius 3 is 2.57 bits per heavy atom. The van der Waals surface area contributed by atoms with Crippen LogP contribution in [0.1, 0.15) is 29.0 Å². The van der Waals surface area contributed by atoms with Gasteiger partial charge in [-0.25, -0.2) is 4.98 Å². The van der Waals surface area contributed by atoms with Crippen LogP contribution in [0.3, 0.4) is 0 Å². The van der Waals surface area contributed by atoms with Gasteiger partial charge >= 0.3 is 0 Å². The summed E-state index contributed by atoms with van der Waals surface area (Å²) in [6.07, 6.45) is 3.42. The normalized spacial score (nSPS) is 15.5. The van der Waals surface area contributed by atoms with E-state index in [0.29, 0.717) is 24.8 Å². The van der Waals surface area contributed by atoms with Gasteiger partial charge < -0.3 is 9.64 Å². The van der Waals surface area contributed by atoms with E-state index in [-0.39, 0.29) is 12.0 Å². The third-order valence-electron chi connectivity index (χ3n) is 3.86. The smallest absolute Gasteiger partial charge is 0.253 e. The molecule has 1 aliphatic rings. The van der Waals surface area contributed by atoms with E-state index in [4.69, 9.17) is 4.74 Å². The lowest BCUT2D eigenvalue weighted by molar-refractivity contribution is 0.0587. The lowest BCUT2D eigenvalue weighted by atomic mass is 10.1. The van der Waals surface area contributed by atoms with Crippen molar-refractivity contribution in [2.45, 2.75) is 25.9 Å². The van der Waals surface area contributed by atoms with Crippen molar-refractivity contribution in [1.82, 2.24) is 14.9 Å². The molecular formula is C17H18BrN3O2. The van der Waals surface area contributed by atoms with Crippen LogP contribution in [0.2, 0.25) is 0 Å². The highest BCUT2D eigenvalue weighted by atomic mass is 79.9. The van der Waals surface area contributed by atoms with Gasteiger partial charge in [0.15, 0.2) is 0 Å². The minimum atomic E-state index is 0.0776. The molecule has 0 aliphatic carbocycles. The van der Waals surface area contributed by atoms with E-state index in [1.807, 2.05) is 36.1 Å². The van der Waals surface area contributed by atoms with Crippen LogP contribution in [0, 0.1) is 6.92 Å². The van der Waals surface area contributed by atoms with Gasteiger partial charge in [0, 0.05) is 48.2 Å². The Kier molecular flexibility index (Phi) is 4.91. The average molecular weight is 376 g/mol. The van der Waals surface area contributed by atoms with Gasteiger partial charge in [-0.05, 0) is 31.2 Å². The fraction of sp³-hybridized carbons (Fsp3) is 0.353. The Morgan fingerprint density at radius 2 is 1.91 bits per heavy atom. The van der Waals surface area contributed by atoms with Crippen molar-refractivity contribution in [3.05, 3.63) is 52.4 Å². The quantitative estimate of drug-likeness (QED) is 0.826. The molecule has 0 bridgehead atoms. The summed E-state index contributed by atoms with van der Waals surface area (Å²) in [5.74, 6) is 1.38. The lowest BCUT2D eigenvalue weighted by Gasteiger charge is -2.32. The molecule has 23 heavy (non-hydrogen) atoms. The highest BCUT2D eigenvalue weighted by molar-refractivity contribution is 9.10. The van der Waals surface area contributed by atoms with Gasteiger partial charge in [-0.3, -0.25) is 4.79 Å². The zero-order chi connectivity index (χ0) is 16.2. The van der Waals surface area contributed by atoms with Gasteiger partial charge in [0.2, 0.25) is 5.88 Å². The molecule has 120 valence electrons. The molecular weight excluding hydrogens is 358 g/mol. The summed E-state index contributed by atoms with van der Waals surface area (Å²) < 4.78 is 6.86. The minimum Gasteiger partial charge on any atom is -0.474 e. The van der Waals surface area contributed by atoms with Crippen molar-refractivity contribution in [1.29, 1.82) is 0 Å². The number of amides is 1. The minimum absolute atomic E-state index is 0.0776. The number of likely N-dealkylation sites (tertiary alicyclic amines) is 1. The molecule has 3 rings (SSSR count). The summed E-state index contributed by atoms with van der Waals surface area (Å²) >= 11 is 3.38. The van der Waals surface area contributed by atoms with Crippen LogP contribution < -0.4 is 4.74 Å². The zero-order valence-electron chi connectivity index (χ0n) is 12.9. The Hall–Kier alpha value is -1.95. The number of hydrogen-bond donors (Lipinski definition) is 0. The summed E-state index contributed by atoms with van der Waals surface area (Å²) in [5, 5.41) is 0. The van der Waals surface area contributed by atoms with Crippen LogP contribution >= 0.6 is 15.9 Å². The molecule has 0 radical (unpaired) electrons. The first-order valence-corrected chi connectivity index (χ1v) is 8.42. The number of aromatic nitrogens is 2. The molecule has 1 aromatic heterocycles. The largest absolute Gasteiger partial charge is 0.474 e. The van der Waals surface area contributed by atoms with Gasteiger partial charge in [0.25, 0.3) is 5.91 Å². The van der Waals surface area contributed by atoms with Crippen molar-refractivity contribution in [3.8, 4) is 5.88 Å². The summed E-state index contributed by atoms with van der Waals surface area (Å²) in [6, 6.07) is 9.24. The number of piperidine rings is 1. The second kappa shape index (κ2) is 7.08. The molecule has 5 nitrogen and oxygen atoms in total. The maximum absolute atomic E-state index is 12.5. The fourth-order valence-electron chi connectivity index (χ4n) is 2.62. The molecule has 0 atom stereocenters. The predicted octanol–water partition coefficient (Wildman–Crippen LogP) is 3.23. The number of aryl methyl sites for hydroxylation is 1. The number of halogens is 1.